The van der Waals surface area contributed by atoms with E-state index in [9.17, 15) is 4.79 Å². The molecule has 1 aromatic rings. The predicted octanol–water partition coefficient (Wildman–Crippen LogP) is 2.07. The molecule has 1 heterocycles. The molecule has 2 fully saturated rings. The second-order valence-corrected chi connectivity index (χ2v) is 6.04. The zero-order valence-electron chi connectivity index (χ0n) is 10.8. The zero-order valence-corrected chi connectivity index (χ0v) is 11.6. The summed E-state index contributed by atoms with van der Waals surface area (Å²) in [6.45, 7) is 0.884. The lowest BCUT2D eigenvalue weighted by Crippen LogP contribution is -2.43. The van der Waals surface area contributed by atoms with E-state index in [1.165, 1.54) is 6.42 Å². The van der Waals surface area contributed by atoms with E-state index in [0.29, 0.717) is 12.0 Å². The molecule has 3 rings (SSSR count). The number of nitrogens with zero attached hydrogens (tertiary/aromatic N) is 1. The third-order valence-electron chi connectivity index (χ3n) is 4.36. The molecule has 19 heavy (non-hydrogen) atoms. The summed E-state index contributed by atoms with van der Waals surface area (Å²) in [4.78, 5) is 15.0. The number of nitrogens with two attached hydrogens (primary N) is 1. The molecular formula is C15H18N2OS. The molecule has 0 aromatic heterocycles. The number of carbonyl (C=O) groups excluding carboxylic acids is 1. The molecule has 1 saturated heterocycles. The minimum Gasteiger partial charge on any atom is -0.392 e. The molecule has 2 aliphatic rings. The molecule has 3 nitrogen and oxygen atoms in total. The highest BCUT2D eigenvalue weighted by atomic mass is 32.1. The van der Waals surface area contributed by atoms with Gasteiger partial charge in [-0.25, -0.2) is 0 Å². The second-order valence-electron chi connectivity index (χ2n) is 5.57. The normalized spacial score (nSPS) is 26.4. The topological polar surface area (TPSA) is 46.3 Å². The molecule has 1 saturated carbocycles. The summed E-state index contributed by atoms with van der Waals surface area (Å²) in [5, 5.41) is 0. The molecule has 0 radical (unpaired) electrons. The lowest BCUT2D eigenvalue weighted by molar-refractivity contribution is -0.132. The highest BCUT2D eigenvalue weighted by Gasteiger charge is 2.42. The van der Waals surface area contributed by atoms with Crippen molar-refractivity contribution in [2.75, 3.05) is 6.54 Å². The third-order valence-corrected chi connectivity index (χ3v) is 4.59. The van der Waals surface area contributed by atoms with Crippen molar-refractivity contribution in [3.05, 3.63) is 35.9 Å². The molecule has 1 aliphatic heterocycles. The summed E-state index contributed by atoms with van der Waals surface area (Å²) >= 11 is 5.13. The van der Waals surface area contributed by atoms with Gasteiger partial charge in [0.1, 0.15) is 5.92 Å². The van der Waals surface area contributed by atoms with Crippen molar-refractivity contribution in [3.8, 4) is 0 Å². The highest BCUT2D eigenvalue weighted by molar-refractivity contribution is 7.80. The van der Waals surface area contributed by atoms with E-state index in [2.05, 4.69) is 0 Å². The maximum atomic E-state index is 12.7. The number of fused-ring (bicyclic) bond motifs is 2. The van der Waals surface area contributed by atoms with Crippen LogP contribution in [-0.2, 0) is 4.79 Å². The van der Waals surface area contributed by atoms with Crippen molar-refractivity contribution in [3.63, 3.8) is 0 Å². The molecule has 2 N–H and O–H groups in total. The van der Waals surface area contributed by atoms with Crippen molar-refractivity contribution < 1.29 is 4.79 Å². The van der Waals surface area contributed by atoms with Gasteiger partial charge in [0.25, 0.3) is 0 Å². The average molecular weight is 274 g/mol. The van der Waals surface area contributed by atoms with Gasteiger partial charge in [-0.05, 0) is 30.7 Å². The van der Waals surface area contributed by atoms with Crippen molar-refractivity contribution >= 4 is 23.1 Å². The Labute approximate surface area is 118 Å². The number of amides is 1. The molecule has 1 aliphatic carbocycles. The Hall–Kier alpha value is -1.42. The molecule has 100 valence electrons. The first-order valence-electron chi connectivity index (χ1n) is 6.81. The minimum absolute atomic E-state index is 0.0888. The molecule has 1 aromatic carbocycles. The lowest BCUT2D eigenvalue weighted by Gasteiger charge is -2.30. The first-order chi connectivity index (χ1) is 9.16. The van der Waals surface area contributed by atoms with Gasteiger partial charge in [0.2, 0.25) is 5.91 Å². The lowest BCUT2D eigenvalue weighted by atomic mass is 9.96. The van der Waals surface area contributed by atoms with Crippen LogP contribution in [0.4, 0.5) is 0 Å². The number of thiocarbonyl (C=S) groups is 1. The van der Waals surface area contributed by atoms with Crippen LogP contribution in [0.15, 0.2) is 30.3 Å². The molecule has 1 amide bonds. The predicted molar refractivity (Wildman–Crippen MR) is 78.8 cm³/mol. The maximum absolute atomic E-state index is 12.7. The Kier molecular flexibility index (Phi) is 3.27. The summed E-state index contributed by atoms with van der Waals surface area (Å²) in [5.74, 6) is 0.318. The number of hydrogen-bond donors (Lipinski definition) is 1. The van der Waals surface area contributed by atoms with E-state index >= 15 is 0 Å². The van der Waals surface area contributed by atoms with E-state index in [-0.39, 0.29) is 10.9 Å². The first kappa shape index (κ1) is 12.6. The van der Waals surface area contributed by atoms with E-state index < -0.39 is 5.92 Å². The third kappa shape index (κ3) is 2.25. The number of likely N-dealkylation sites (tertiary alicyclic amines) is 1. The van der Waals surface area contributed by atoms with Gasteiger partial charge in [-0.15, -0.1) is 0 Å². The van der Waals surface area contributed by atoms with Crippen LogP contribution in [0.3, 0.4) is 0 Å². The summed E-state index contributed by atoms with van der Waals surface area (Å²) in [7, 11) is 0. The van der Waals surface area contributed by atoms with Gasteiger partial charge in [-0.3, -0.25) is 4.79 Å². The smallest absolute Gasteiger partial charge is 0.237 e. The van der Waals surface area contributed by atoms with E-state index in [0.717, 1.165) is 24.9 Å². The quantitative estimate of drug-likeness (QED) is 0.858. The maximum Gasteiger partial charge on any atom is 0.237 e. The summed E-state index contributed by atoms with van der Waals surface area (Å²) in [5.41, 5.74) is 6.72. The van der Waals surface area contributed by atoms with Gasteiger partial charge in [-0.1, -0.05) is 42.5 Å². The molecule has 4 heteroatoms. The van der Waals surface area contributed by atoms with Gasteiger partial charge in [0, 0.05) is 12.6 Å². The monoisotopic (exact) mass is 274 g/mol. The number of hydrogen-bond acceptors (Lipinski definition) is 2. The molecule has 0 spiro atoms. The molecule has 3 unspecified atom stereocenters. The number of carbonyl (C=O) groups is 1. The molecule has 2 bridgehead atoms. The Morgan fingerprint density at radius 1 is 1.32 bits per heavy atom. The molecule has 3 atom stereocenters. The average Bonchev–Trinajstić information content (AvgIpc) is 3.02. The largest absolute Gasteiger partial charge is 0.392 e. The standard InChI is InChI=1S/C15H18N2OS/c16-14(19)13(11-4-2-1-3-5-11)15(18)17-9-10-6-7-12(17)8-10/h1-5,10,12-13H,6-9H2,(H2,16,19). The second kappa shape index (κ2) is 4.93. The Balaban J connectivity index is 1.85. The Morgan fingerprint density at radius 3 is 2.58 bits per heavy atom. The van der Waals surface area contributed by atoms with Crippen LogP contribution in [0.2, 0.25) is 0 Å². The van der Waals surface area contributed by atoms with Crippen LogP contribution in [-0.4, -0.2) is 28.4 Å². The van der Waals surface area contributed by atoms with E-state index in [4.69, 9.17) is 18.0 Å². The van der Waals surface area contributed by atoms with Gasteiger partial charge < -0.3 is 10.6 Å². The van der Waals surface area contributed by atoms with Crippen molar-refractivity contribution in [2.24, 2.45) is 11.7 Å². The first-order valence-corrected chi connectivity index (χ1v) is 7.22. The minimum atomic E-state index is -0.462. The van der Waals surface area contributed by atoms with E-state index in [1.807, 2.05) is 35.2 Å². The van der Waals surface area contributed by atoms with Crippen LogP contribution in [0.1, 0.15) is 30.7 Å². The fourth-order valence-electron chi connectivity index (χ4n) is 3.43. The van der Waals surface area contributed by atoms with E-state index in [1.54, 1.807) is 0 Å². The fraction of sp³-hybridized carbons (Fsp3) is 0.467. The van der Waals surface area contributed by atoms with Crippen molar-refractivity contribution in [1.29, 1.82) is 0 Å². The Bertz CT molecular complexity index is 502. The SMILES string of the molecule is NC(=S)C(C(=O)N1CC2CCC1C2)c1ccccc1. The van der Waals surface area contributed by atoms with Crippen LogP contribution in [0.5, 0.6) is 0 Å². The van der Waals surface area contributed by atoms with Crippen LogP contribution < -0.4 is 5.73 Å². The fourth-order valence-corrected chi connectivity index (χ4v) is 3.67. The van der Waals surface area contributed by atoms with Crippen LogP contribution >= 0.6 is 12.2 Å². The Morgan fingerprint density at radius 2 is 2.05 bits per heavy atom. The summed E-state index contributed by atoms with van der Waals surface area (Å²) in [6, 6.07) is 10.0. The van der Waals surface area contributed by atoms with Gasteiger partial charge in [0.05, 0.1) is 4.99 Å². The summed E-state index contributed by atoms with van der Waals surface area (Å²) < 4.78 is 0. The number of piperidine rings is 1. The van der Waals surface area contributed by atoms with Crippen LogP contribution in [0.25, 0.3) is 0 Å². The van der Waals surface area contributed by atoms with Gasteiger partial charge in [-0.2, -0.15) is 0 Å². The molecular weight excluding hydrogens is 256 g/mol. The van der Waals surface area contributed by atoms with Crippen LogP contribution in [0, 0.1) is 5.92 Å². The van der Waals surface area contributed by atoms with Gasteiger partial charge in [0.15, 0.2) is 0 Å². The van der Waals surface area contributed by atoms with Gasteiger partial charge >= 0.3 is 0 Å². The van der Waals surface area contributed by atoms with Crippen molar-refractivity contribution in [1.82, 2.24) is 4.90 Å². The van der Waals surface area contributed by atoms with Crippen molar-refractivity contribution in [2.45, 2.75) is 31.2 Å². The zero-order chi connectivity index (χ0) is 13.4. The number of rotatable bonds is 3. The summed E-state index contributed by atoms with van der Waals surface area (Å²) in [6.07, 6.45) is 3.55. The highest BCUT2D eigenvalue weighted by Crippen LogP contribution is 2.39. The number of benzene rings is 1.